The highest BCUT2D eigenvalue weighted by molar-refractivity contribution is 5.95. The lowest BCUT2D eigenvalue weighted by Gasteiger charge is -2.11. The van der Waals surface area contributed by atoms with E-state index in [-0.39, 0.29) is 23.7 Å². The number of anilines is 1. The summed E-state index contributed by atoms with van der Waals surface area (Å²) in [6, 6.07) is 15.7. The molecule has 1 amide bonds. The van der Waals surface area contributed by atoms with Crippen molar-refractivity contribution < 1.29 is 9.32 Å². The van der Waals surface area contributed by atoms with Crippen molar-refractivity contribution in [3.05, 3.63) is 76.6 Å². The van der Waals surface area contributed by atoms with E-state index >= 15 is 0 Å². The number of hydrogen-bond donors (Lipinski definition) is 1. The minimum Gasteiger partial charge on any atom is -0.356 e. The molecule has 8 nitrogen and oxygen atoms in total. The van der Waals surface area contributed by atoms with Crippen LogP contribution in [0.15, 0.2) is 53.2 Å². The third-order valence-corrected chi connectivity index (χ3v) is 5.58. The van der Waals surface area contributed by atoms with Gasteiger partial charge in [0.15, 0.2) is 17.2 Å². The van der Waals surface area contributed by atoms with Crippen molar-refractivity contribution in [3.63, 3.8) is 0 Å². The molecule has 0 radical (unpaired) electrons. The number of fused-ring (bicyclic) bond motifs is 2. The number of hydrogen-bond acceptors (Lipinski definition) is 6. The van der Waals surface area contributed by atoms with Crippen molar-refractivity contribution in [1.82, 2.24) is 19.9 Å². The number of pyridine rings is 1. The lowest BCUT2D eigenvalue weighted by Crippen LogP contribution is -2.18. The van der Waals surface area contributed by atoms with Gasteiger partial charge in [-0.15, -0.1) is 0 Å². The first-order valence-electron chi connectivity index (χ1n) is 10.4. The molecule has 33 heavy (non-hydrogen) atoms. The van der Waals surface area contributed by atoms with E-state index in [1.807, 2.05) is 63.2 Å². The minimum atomic E-state index is -0.333. The molecule has 0 bridgehead atoms. The fourth-order valence-electron chi connectivity index (χ4n) is 4.06. The predicted octanol–water partition coefficient (Wildman–Crippen LogP) is 4.54. The Bertz CT molecular complexity index is 1590. The summed E-state index contributed by atoms with van der Waals surface area (Å²) in [5.41, 5.74) is 5.30. The van der Waals surface area contributed by atoms with Gasteiger partial charge in [-0.3, -0.25) is 4.79 Å². The molecule has 0 aliphatic carbocycles. The standard InChI is InChI=1S/C25H20N6O2/c1-14-8-16(3)24-19(9-14)21(30-33-24)11-23(32)29-25-17(12-26)13-27-31(25)22-10-15(2)18-6-4-5-7-20(18)28-22/h4-10,13H,11H2,1-3H3,(H,29,32). The van der Waals surface area contributed by atoms with Gasteiger partial charge in [0.2, 0.25) is 5.91 Å². The smallest absolute Gasteiger partial charge is 0.231 e. The number of benzene rings is 2. The molecule has 0 atom stereocenters. The third-order valence-electron chi connectivity index (χ3n) is 5.58. The van der Waals surface area contributed by atoms with Crippen molar-refractivity contribution in [3.8, 4) is 11.9 Å². The van der Waals surface area contributed by atoms with Gasteiger partial charge in [-0.2, -0.15) is 15.0 Å². The van der Waals surface area contributed by atoms with Crippen LogP contribution in [-0.2, 0) is 11.2 Å². The van der Waals surface area contributed by atoms with Crippen molar-refractivity contribution in [2.24, 2.45) is 0 Å². The Morgan fingerprint density at radius 3 is 2.76 bits per heavy atom. The Morgan fingerprint density at radius 2 is 1.94 bits per heavy atom. The molecule has 3 heterocycles. The summed E-state index contributed by atoms with van der Waals surface area (Å²) in [4.78, 5) is 17.6. The Balaban J connectivity index is 1.49. The number of rotatable bonds is 4. The molecule has 8 heteroatoms. The van der Waals surface area contributed by atoms with Crippen LogP contribution < -0.4 is 5.32 Å². The summed E-state index contributed by atoms with van der Waals surface area (Å²) in [7, 11) is 0. The highest BCUT2D eigenvalue weighted by atomic mass is 16.5. The molecule has 0 aliphatic rings. The molecule has 0 aliphatic heterocycles. The van der Waals surface area contributed by atoms with Crippen LogP contribution in [0, 0.1) is 32.1 Å². The maximum absolute atomic E-state index is 13.0. The molecule has 0 unspecified atom stereocenters. The van der Waals surface area contributed by atoms with Crippen LogP contribution >= 0.6 is 0 Å². The van der Waals surface area contributed by atoms with Crippen LogP contribution in [0.25, 0.3) is 27.7 Å². The van der Waals surface area contributed by atoms with E-state index in [0.29, 0.717) is 17.1 Å². The third kappa shape index (κ3) is 3.59. The molecule has 0 saturated heterocycles. The van der Waals surface area contributed by atoms with Crippen molar-refractivity contribution in [2.75, 3.05) is 5.32 Å². The summed E-state index contributed by atoms with van der Waals surface area (Å²) in [6.07, 6.45) is 1.41. The van der Waals surface area contributed by atoms with E-state index in [0.717, 1.165) is 33.0 Å². The molecule has 5 aromatic rings. The molecule has 0 fully saturated rings. The molecule has 162 valence electrons. The lowest BCUT2D eigenvalue weighted by atomic mass is 10.1. The first-order valence-corrected chi connectivity index (χ1v) is 10.4. The van der Waals surface area contributed by atoms with Crippen LogP contribution in [-0.4, -0.2) is 25.8 Å². The van der Waals surface area contributed by atoms with Crippen LogP contribution in [0.1, 0.15) is 27.9 Å². The average molecular weight is 436 g/mol. The number of carbonyl (C=O) groups excluding carboxylic acids is 1. The summed E-state index contributed by atoms with van der Waals surface area (Å²) < 4.78 is 6.93. The zero-order valence-corrected chi connectivity index (χ0v) is 18.4. The minimum absolute atomic E-state index is 0.00385. The summed E-state index contributed by atoms with van der Waals surface area (Å²) >= 11 is 0. The Hall–Kier alpha value is -4.51. The Kier molecular flexibility index (Phi) is 4.87. The van der Waals surface area contributed by atoms with E-state index in [2.05, 4.69) is 26.6 Å². The molecule has 5 rings (SSSR count). The van der Waals surface area contributed by atoms with Gasteiger partial charge in [0.05, 0.1) is 18.1 Å². The SMILES string of the molecule is Cc1cc(C)c2onc(CC(=O)Nc3c(C#N)cnn3-c3cc(C)c4ccccc4n3)c2c1. The Labute approximate surface area is 189 Å². The zero-order valence-electron chi connectivity index (χ0n) is 18.4. The van der Waals surface area contributed by atoms with Gasteiger partial charge in [0.25, 0.3) is 0 Å². The second-order valence-corrected chi connectivity index (χ2v) is 8.06. The molecule has 3 aromatic heterocycles. The summed E-state index contributed by atoms with van der Waals surface area (Å²) in [5, 5.41) is 22.7. The highest BCUT2D eigenvalue weighted by Gasteiger charge is 2.19. The van der Waals surface area contributed by atoms with Crippen LogP contribution in [0.2, 0.25) is 0 Å². The van der Waals surface area contributed by atoms with E-state index in [9.17, 15) is 10.1 Å². The summed E-state index contributed by atoms with van der Waals surface area (Å²) in [5.74, 6) is 0.450. The molecule has 2 aromatic carbocycles. The van der Waals surface area contributed by atoms with Gasteiger partial charge in [-0.1, -0.05) is 29.4 Å². The molecule has 0 saturated carbocycles. The maximum atomic E-state index is 13.0. The largest absolute Gasteiger partial charge is 0.356 e. The second-order valence-electron chi connectivity index (χ2n) is 8.06. The summed E-state index contributed by atoms with van der Waals surface area (Å²) in [6.45, 7) is 5.92. The number of nitrogens with zero attached hydrogens (tertiary/aromatic N) is 5. The van der Waals surface area contributed by atoms with Gasteiger partial charge < -0.3 is 9.84 Å². The number of nitrogens with one attached hydrogen (secondary N) is 1. The van der Waals surface area contributed by atoms with Crippen LogP contribution in [0.3, 0.4) is 0 Å². The van der Waals surface area contributed by atoms with Crippen LogP contribution in [0.4, 0.5) is 5.82 Å². The quantitative estimate of drug-likeness (QED) is 0.443. The first kappa shape index (κ1) is 20.4. The number of amides is 1. The number of carbonyl (C=O) groups is 1. The predicted molar refractivity (Wildman–Crippen MR) is 124 cm³/mol. The molecule has 1 N–H and O–H groups in total. The number of para-hydroxylation sites is 1. The lowest BCUT2D eigenvalue weighted by molar-refractivity contribution is -0.115. The van der Waals surface area contributed by atoms with Crippen molar-refractivity contribution in [1.29, 1.82) is 5.26 Å². The fourth-order valence-corrected chi connectivity index (χ4v) is 4.06. The molecular formula is C25H20N6O2. The average Bonchev–Trinajstić information content (AvgIpc) is 3.38. The van der Waals surface area contributed by atoms with Crippen molar-refractivity contribution in [2.45, 2.75) is 27.2 Å². The van der Waals surface area contributed by atoms with Gasteiger partial charge in [-0.25, -0.2) is 4.98 Å². The van der Waals surface area contributed by atoms with Gasteiger partial charge in [0.1, 0.15) is 17.3 Å². The normalized spacial score (nSPS) is 11.1. The molecular weight excluding hydrogens is 416 g/mol. The zero-order chi connectivity index (χ0) is 23.1. The maximum Gasteiger partial charge on any atom is 0.231 e. The van der Waals surface area contributed by atoms with Crippen molar-refractivity contribution >= 4 is 33.6 Å². The fraction of sp³-hybridized carbons (Fsp3) is 0.160. The Morgan fingerprint density at radius 1 is 1.12 bits per heavy atom. The topological polar surface area (TPSA) is 110 Å². The van der Waals surface area contributed by atoms with E-state index in [1.54, 1.807) is 0 Å². The number of aryl methyl sites for hydroxylation is 3. The van der Waals surface area contributed by atoms with Gasteiger partial charge in [0, 0.05) is 10.8 Å². The number of aromatic nitrogens is 4. The van der Waals surface area contributed by atoms with E-state index < -0.39 is 0 Å². The van der Waals surface area contributed by atoms with Gasteiger partial charge >= 0.3 is 0 Å². The second kappa shape index (κ2) is 7.88. The molecule has 0 spiro atoms. The van der Waals surface area contributed by atoms with E-state index in [4.69, 9.17) is 4.52 Å². The first-order chi connectivity index (χ1) is 15.9. The van der Waals surface area contributed by atoms with E-state index in [1.165, 1.54) is 10.9 Å². The van der Waals surface area contributed by atoms with Gasteiger partial charge in [-0.05, 0) is 55.7 Å². The van der Waals surface area contributed by atoms with Crippen LogP contribution in [0.5, 0.6) is 0 Å². The highest BCUT2D eigenvalue weighted by Crippen LogP contribution is 2.26. The monoisotopic (exact) mass is 436 g/mol. The number of nitriles is 1.